The fourth-order valence-corrected chi connectivity index (χ4v) is 2.84. The molecule has 0 heterocycles. The topological polar surface area (TPSA) is 117 Å². The van der Waals surface area contributed by atoms with Crippen molar-refractivity contribution in [2.45, 2.75) is 65.8 Å². The van der Waals surface area contributed by atoms with Crippen molar-refractivity contribution in [2.75, 3.05) is 5.32 Å². The number of aliphatic hydroxyl groups is 1. The SMILES string of the molecule is CC(C)[C@H](NC(=O)OC(C)(C)C)C(=O)N[C@@H](C)C(=O)Nc1cc(Cl)c(CO)cc1Cl. The van der Waals surface area contributed by atoms with Crippen LogP contribution in [0.1, 0.15) is 47.1 Å². The van der Waals surface area contributed by atoms with E-state index >= 15 is 0 Å². The molecule has 10 heteroatoms. The van der Waals surface area contributed by atoms with Gasteiger partial charge in [-0.1, -0.05) is 37.0 Å². The Morgan fingerprint density at radius 3 is 2.13 bits per heavy atom. The van der Waals surface area contributed by atoms with Crippen LogP contribution in [-0.2, 0) is 20.9 Å². The zero-order valence-corrected chi connectivity index (χ0v) is 19.4. The summed E-state index contributed by atoms with van der Waals surface area (Å²) in [5, 5.41) is 17.3. The lowest BCUT2D eigenvalue weighted by atomic mass is 10.0. The normalized spacial score (nSPS) is 13.4. The van der Waals surface area contributed by atoms with Crippen molar-refractivity contribution in [3.63, 3.8) is 0 Å². The Hall–Kier alpha value is -2.03. The van der Waals surface area contributed by atoms with Crippen LogP contribution in [0.4, 0.5) is 10.5 Å². The van der Waals surface area contributed by atoms with Crippen LogP contribution in [0, 0.1) is 5.92 Å². The molecule has 0 aliphatic rings. The van der Waals surface area contributed by atoms with Crippen molar-refractivity contribution >= 4 is 46.8 Å². The molecule has 1 rings (SSSR count). The molecule has 2 atom stereocenters. The molecular formula is C20H29Cl2N3O5. The van der Waals surface area contributed by atoms with Crippen LogP contribution >= 0.6 is 23.2 Å². The third kappa shape index (κ3) is 8.01. The molecular weight excluding hydrogens is 433 g/mol. The Balaban J connectivity index is 2.80. The van der Waals surface area contributed by atoms with Crippen LogP contribution in [0.5, 0.6) is 0 Å². The zero-order chi connectivity index (χ0) is 23.2. The number of hydrogen-bond donors (Lipinski definition) is 4. The summed E-state index contributed by atoms with van der Waals surface area (Å²) in [4.78, 5) is 37.1. The van der Waals surface area contributed by atoms with Gasteiger partial charge in [0.15, 0.2) is 0 Å². The van der Waals surface area contributed by atoms with Crippen LogP contribution < -0.4 is 16.0 Å². The lowest BCUT2D eigenvalue weighted by Gasteiger charge is -2.26. The largest absolute Gasteiger partial charge is 0.444 e. The van der Waals surface area contributed by atoms with E-state index in [0.29, 0.717) is 5.56 Å². The van der Waals surface area contributed by atoms with Gasteiger partial charge in [0.2, 0.25) is 11.8 Å². The minimum Gasteiger partial charge on any atom is -0.444 e. The predicted octanol–water partition coefficient (Wildman–Crippen LogP) is 3.48. The van der Waals surface area contributed by atoms with Crippen molar-refractivity contribution in [2.24, 2.45) is 5.92 Å². The lowest BCUT2D eigenvalue weighted by molar-refractivity contribution is -0.128. The summed E-state index contributed by atoms with van der Waals surface area (Å²) in [5.74, 6) is -1.30. The van der Waals surface area contributed by atoms with Crippen molar-refractivity contribution in [3.8, 4) is 0 Å². The summed E-state index contributed by atoms with van der Waals surface area (Å²) in [6.07, 6.45) is -0.723. The fourth-order valence-electron chi connectivity index (χ4n) is 2.38. The van der Waals surface area contributed by atoms with E-state index < -0.39 is 35.6 Å². The van der Waals surface area contributed by atoms with Crippen LogP contribution in [0.3, 0.4) is 0 Å². The Kier molecular flexibility index (Phi) is 9.39. The highest BCUT2D eigenvalue weighted by molar-refractivity contribution is 6.36. The average Bonchev–Trinajstić information content (AvgIpc) is 2.60. The van der Waals surface area contributed by atoms with Gasteiger partial charge in [-0.05, 0) is 51.3 Å². The van der Waals surface area contributed by atoms with Gasteiger partial charge in [0.05, 0.1) is 17.3 Å². The van der Waals surface area contributed by atoms with E-state index in [0.717, 1.165) is 0 Å². The van der Waals surface area contributed by atoms with E-state index in [9.17, 15) is 19.5 Å². The minimum atomic E-state index is -0.924. The highest BCUT2D eigenvalue weighted by Crippen LogP contribution is 2.29. The first kappa shape index (κ1) is 26.0. The van der Waals surface area contributed by atoms with E-state index in [1.165, 1.54) is 19.1 Å². The van der Waals surface area contributed by atoms with E-state index in [1.807, 2.05) is 0 Å². The van der Waals surface area contributed by atoms with Crippen molar-refractivity contribution in [1.29, 1.82) is 0 Å². The van der Waals surface area contributed by atoms with E-state index in [4.69, 9.17) is 27.9 Å². The van der Waals surface area contributed by atoms with Gasteiger partial charge in [0.25, 0.3) is 0 Å². The molecule has 0 bridgehead atoms. The van der Waals surface area contributed by atoms with Crippen LogP contribution in [-0.4, -0.2) is 40.7 Å². The summed E-state index contributed by atoms with van der Waals surface area (Å²) < 4.78 is 5.19. The third-order valence-corrected chi connectivity index (χ3v) is 4.60. The summed E-state index contributed by atoms with van der Waals surface area (Å²) in [7, 11) is 0. The van der Waals surface area contributed by atoms with Crippen LogP contribution in [0.25, 0.3) is 0 Å². The highest BCUT2D eigenvalue weighted by Gasteiger charge is 2.29. The molecule has 0 spiro atoms. The summed E-state index contributed by atoms with van der Waals surface area (Å²) in [6.45, 7) is 9.87. The van der Waals surface area contributed by atoms with Crippen LogP contribution in [0.2, 0.25) is 10.0 Å². The van der Waals surface area contributed by atoms with Crippen molar-refractivity contribution in [1.82, 2.24) is 10.6 Å². The molecule has 4 N–H and O–H groups in total. The molecule has 0 unspecified atom stereocenters. The Morgan fingerprint density at radius 1 is 1.03 bits per heavy atom. The lowest BCUT2D eigenvalue weighted by Crippen LogP contribution is -2.54. The molecule has 8 nitrogen and oxygen atoms in total. The molecule has 3 amide bonds. The van der Waals surface area contributed by atoms with Gasteiger partial charge < -0.3 is 25.8 Å². The number of ether oxygens (including phenoxy) is 1. The Labute approximate surface area is 186 Å². The number of hydrogen-bond acceptors (Lipinski definition) is 5. The van der Waals surface area contributed by atoms with Crippen molar-refractivity contribution in [3.05, 3.63) is 27.7 Å². The van der Waals surface area contributed by atoms with Gasteiger partial charge in [0, 0.05) is 5.02 Å². The molecule has 0 saturated heterocycles. The van der Waals surface area contributed by atoms with Gasteiger partial charge in [-0.3, -0.25) is 9.59 Å². The number of benzene rings is 1. The van der Waals surface area contributed by atoms with E-state index in [1.54, 1.807) is 34.6 Å². The second-order valence-electron chi connectivity index (χ2n) is 8.17. The highest BCUT2D eigenvalue weighted by atomic mass is 35.5. The first-order valence-corrected chi connectivity index (χ1v) is 10.2. The van der Waals surface area contributed by atoms with Gasteiger partial charge in [-0.25, -0.2) is 4.79 Å². The fraction of sp³-hybridized carbons (Fsp3) is 0.550. The zero-order valence-electron chi connectivity index (χ0n) is 17.9. The second-order valence-corrected chi connectivity index (χ2v) is 8.98. The van der Waals surface area contributed by atoms with Gasteiger partial charge >= 0.3 is 6.09 Å². The molecule has 0 saturated carbocycles. The smallest absolute Gasteiger partial charge is 0.408 e. The number of carbonyl (C=O) groups is 3. The van der Waals surface area contributed by atoms with Gasteiger partial charge in [0.1, 0.15) is 17.7 Å². The number of halogens is 2. The number of nitrogens with one attached hydrogen (secondary N) is 3. The summed E-state index contributed by atoms with van der Waals surface area (Å²) in [5.41, 5.74) is -0.0345. The van der Waals surface area contributed by atoms with Gasteiger partial charge in [-0.2, -0.15) is 0 Å². The molecule has 1 aromatic carbocycles. The predicted molar refractivity (Wildman–Crippen MR) is 117 cm³/mol. The number of alkyl carbamates (subject to hydrolysis) is 1. The minimum absolute atomic E-state index is 0.196. The quantitative estimate of drug-likeness (QED) is 0.495. The number of carbonyl (C=O) groups excluding carboxylic acids is 3. The first-order chi connectivity index (χ1) is 13.7. The molecule has 0 aliphatic heterocycles. The maximum atomic E-state index is 12.6. The van der Waals surface area contributed by atoms with E-state index in [-0.39, 0.29) is 28.3 Å². The monoisotopic (exact) mass is 461 g/mol. The number of aliphatic hydroxyl groups excluding tert-OH is 1. The number of amides is 3. The summed E-state index contributed by atoms with van der Waals surface area (Å²) in [6, 6.07) is 1.05. The second kappa shape index (κ2) is 10.8. The molecule has 0 radical (unpaired) electrons. The van der Waals surface area contributed by atoms with E-state index in [2.05, 4.69) is 16.0 Å². The molecule has 0 aromatic heterocycles. The molecule has 168 valence electrons. The molecule has 0 fully saturated rings. The Morgan fingerprint density at radius 2 is 1.63 bits per heavy atom. The van der Waals surface area contributed by atoms with Crippen molar-refractivity contribution < 1.29 is 24.2 Å². The standard InChI is InChI=1S/C20H29Cl2N3O5/c1-10(2)16(25-19(29)30-20(4,5)6)18(28)23-11(3)17(27)24-15-8-13(21)12(9-26)7-14(15)22/h7-8,10-11,16,26H,9H2,1-6H3,(H,23,28)(H,24,27)(H,25,29)/t11-,16-/m0/s1. The maximum Gasteiger partial charge on any atom is 0.408 e. The first-order valence-electron chi connectivity index (χ1n) is 9.44. The van der Waals surface area contributed by atoms with Gasteiger partial charge in [-0.15, -0.1) is 0 Å². The van der Waals surface area contributed by atoms with Crippen LogP contribution in [0.15, 0.2) is 12.1 Å². The number of rotatable bonds is 7. The molecule has 0 aliphatic carbocycles. The molecule has 30 heavy (non-hydrogen) atoms. The Bertz CT molecular complexity index is 793. The average molecular weight is 462 g/mol. The maximum absolute atomic E-state index is 12.6. The molecule has 1 aromatic rings. The number of anilines is 1. The summed E-state index contributed by atoms with van der Waals surface area (Å²) >= 11 is 12.1. The third-order valence-electron chi connectivity index (χ3n) is 3.94.